The second-order valence-corrected chi connectivity index (χ2v) is 5.23. The van der Waals surface area contributed by atoms with E-state index in [4.69, 9.17) is 10.5 Å². The van der Waals surface area contributed by atoms with Gasteiger partial charge in [0.05, 0.1) is 12.3 Å². The molecule has 0 bridgehead atoms. The molecule has 0 saturated carbocycles. The molecule has 0 amide bonds. The zero-order chi connectivity index (χ0) is 15.0. The molecule has 1 aromatic rings. The number of hydrogen-bond donors (Lipinski definition) is 2. The number of nitrogens with two attached hydrogens (primary N) is 1. The molecule has 3 N–H and O–H groups in total. The van der Waals surface area contributed by atoms with E-state index in [1.165, 1.54) is 6.42 Å². The summed E-state index contributed by atoms with van der Waals surface area (Å²) in [5.41, 5.74) is 6.37. The monoisotopic (exact) mass is 280 g/mol. The Bertz CT molecular complexity index is 395. The van der Waals surface area contributed by atoms with E-state index in [9.17, 15) is 0 Å². The van der Waals surface area contributed by atoms with Crippen LogP contribution in [0.5, 0.6) is 5.88 Å². The van der Waals surface area contributed by atoms with Crippen LogP contribution in [0.4, 0.5) is 11.5 Å². The molecule has 5 heteroatoms. The summed E-state index contributed by atoms with van der Waals surface area (Å²) in [5, 5.41) is 3.31. The lowest BCUT2D eigenvalue weighted by atomic mass is 10.2. The third kappa shape index (κ3) is 5.65. The Morgan fingerprint density at radius 2 is 2.10 bits per heavy atom. The lowest BCUT2D eigenvalue weighted by Gasteiger charge is -2.20. The molecule has 0 atom stereocenters. The van der Waals surface area contributed by atoms with E-state index in [0.29, 0.717) is 24.2 Å². The average molecular weight is 280 g/mol. The third-order valence-corrected chi connectivity index (χ3v) is 3.30. The smallest absolute Gasteiger partial charge is 0.239 e. The average Bonchev–Trinajstić information content (AvgIpc) is 2.41. The second kappa shape index (κ2) is 8.64. The topological polar surface area (TPSA) is 63.4 Å². The van der Waals surface area contributed by atoms with Gasteiger partial charge in [-0.2, -0.15) is 4.98 Å². The summed E-state index contributed by atoms with van der Waals surface area (Å²) in [6.45, 7) is 8.96. The second-order valence-electron chi connectivity index (χ2n) is 5.23. The molecule has 1 heterocycles. The highest BCUT2D eigenvalue weighted by molar-refractivity contribution is 5.53. The third-order valence-electron chi connectivity index (χ3n) is 3.30. The van der Waals surface area contributed by atoms with E-state index < -0.39 is 0 Å². The predicted octanol–water partition coefficient (Wildman–Crippen LogP) is 2.59. The van der Waals surface area contributed by atoms with Crippen LogP contribution in [0.15, 0.2) is 12.1 Å². The SMILES string of the molecule is CCOc1nc(NCCCCN(C)C(C)C)ccc1N. The molecular weight excluding hydrogens is 252 g/mol. The van der Waals surface area contributed by atoms with Crippen molar-refractivity contribution >= 4 is 11.5 Å². The minimum Gasteiger partial charge on any atom is -0.476 e. The van der Waals surface area contributed by atoms with E-state index in [0.717, 1.165) is 25.3 Å². The van der Waals surface area contributed by atoms with Gasteiger partial charge in [0.15, 0.2) is 0 Å². The van der Waals surface area contributed by atoms with Crippen LogP contribution < -0.4 is 15.8 Å². The van der Waals surface area contributed by atoms with E-state index in [2.05, 4.69) is 36.1 Å². The van der Waals surface area contributed by atoms with E-state index in [1.807, 2.05) is 19.1 Å². The highest BCUT2D eigenvalue weighted by atomic mass is 16.5. The van der Waals surface area contributed by atoms with Crippen molar-refractivity contribution in [2.75, 3.05) is 37.8 Å². The minimum absolute atomic E-state index is 0.511. The number of nitrogens with one attached hydrogen (secondary N) is 1. The van der Waals surface area contributed by atoms with Crippen LogP contribution in [-0.2, 0) is 0 Å². The first-order chi connectivity index (χ1) is 9.54. The quantitative estimate of drug-likeness (QED) is 0.681. The maximum atomic E-state index is 5.79. The number of pyridine rings is 1. The summed E-state index contributed by atoms with van der Waals surface area (Å²) in [6, 6.07) is 4.32. The fourth-order valence-corrected chi connectivity index (χ4v) is 1.76. The Morgan fingerprint density at radius 3 is 2.75 bits per heavy atom. The summed E-state index contributed by atoms with van der Waals surface area (Å²) < 4.78 is 5.38. The number of anilines is 2. The van der Waals surface area contributed by atoms with Gasteiger partial charge in [-0.05, 0) is 59.3 Å². The molecule has 5 nitrogen and oxygen atoms in total. The van der Waals surface area contributed by atoms with Crippen molar-refractivity contribution in [3.8, 4) is 5.88 Å². The molecule has 0 saturated heterocycles. The number of ether oxygens (including phenoxy) is 1. The molecule has 0 unspecified atom stereocenters. The van der Waals surface area contributed by atoms with Crippen molar-refractivity contribution in [1.29, 1.82) is 0 Å². The van der Waals surface area contributed by atoms with E-state index >= 15 is 0 Å². The Morgan fingerprint density at radius 1 is 1.35 bits per heavy atom. The van der Waals surface area contributed by atoms with Gasteiger partial charge >= 0.3 is 0 Å². The molecule has 114 valence electrons. The van der Waals surface area contributed by atoms with Crippen molar-refractivity contribution in [1.82, 2.24) is 9.88 Å². The lowest BCUT2D eigenvalue weighted by molar-refractivity contribution is 0.269. The molecule has 1 rings (SSSR count). The van der Waals surface area contributed by atoms with Gasteiger partial charge in [0.2, 0.25) is 5.88 Å². The summed E-state index contributed by atoms with van der Waals surface area (Å²) in [4.78, 5) is 6.71. The van der Waals surface area contributed by atoms with Crippen molar-refractivity contribution in [3.63, 3.8) is 0 Å². The molecule has 0 radical (unpaired) electrons. The van der Waals surface area contributed by atoms with Crippen LogP contribution in [-0.4, -0.2) is 42.7 Å². The van der Waals surface area contributed by atoms with Gasteiger partial charge in [-0.15, -0.1) is 0 Å². The van der Waals surface area contributed by atoms with Crippen molar-refractivity contribution in [2.45, 2.75) is 39.7 Å². The number of unbranched alkanes of at least 4 members (excludes halogenated alkanes) is 1. The van der Waals surface area contributed by atoms with Gasteiger partial charge in [-0.1, -0.05) is 0 Å². The van der Waals surface area contributed by atoms with E-state index in [-0.39, 0.29) is 0 Å². The largest absolute Gasteiger partial charge is 0.476 e. The Balaban J connectivity index is 2.30. The van der Waals surface area contributed by atoms with Gasteiger partial charge in [0, 0.05) is 12.6 Å². The summed E-state index contributed by atoms with van der Waals surface area (Å²) >= 11 is 0. The van der Waals surface area contributed by atoms with Crippen LogP contribution >= 0.6 is 0 Å². The lowest BCUT2D eigenvalue weighted by Crippen LogP contribution is -2.27. The molecule has 20 heavy (non-hydrogen) atoms. The Labute approximate surface area is 122 Å². The van der Waals surface area contributed by atoms with Crippen LogP contribution in [0.3, 0.4) is 0 Å². The number of nitrogens with zero attached hydrogens (tertiary/aromatic N) is 2. The van der Waals surface area contributed by atoms with Crippen LogP contribution in [0.1, 0.15) is 33.6 Å². The van der Waals surface area contributed by atoms with Gasteiger partial charge in [0.1, 0.15) is 5.82 Å². The first-order valence-corrected chi connectivity index (χ1v) is 7.38. The summed E-state index contributed by atoms with van der Waals surface area (Å²) in [6.07, 6.45) is 2.29. The highest BCUT2D eigenvalue weighted by Crippen LogP contribution is 2.20. The number of hydrogen-bond acceptors (Lipinski definition) is 5. The number of rotatable bonds is 9. The molecule has 0 aliphatic heterocycles. The zero-order valence-electron chi connectivity index (χ0n) is 13.1. The number of nitrogen functional groups attached to an aromatic ring is 1. The maximum absolute atomic E-state index is 5.79. The highest BCUT2D eigenvalue weighted by Gasteiger charge is 2.04. The van der Waals surface area contributed by atoms with E-state index in [1.54, 1.807) is 0 Å². The fourth-order valence-electron chi connectivity index (χ4n) is 1.76. The van der Waals surface area contributed by atoms with Gasteiger partial charge in [-0.25, -0.2) is 0 Å². The van der Waals surface area contributed by atoms with Crippen molar-refractivity contribution in [2.24, 2.45) is 0 Å². The summed E-state index contributed by atoms with van der Waals surface area (Å²) in [7, 11) is 2.16. The fraction of sp³-hybridized carbons (Fsp3) is 0.667. The van der Waals surface area contributed by atoms with Crippen LogP contribution in [0.25, 0.3) is 0 Å². The maximum Gasteiger partial charge on any atom is 0.239 e. The van der Waals surface area contributed by atoms with Crippen molar-refractivity contribution in [3.05, 3.63) is 12.1 Å². The molecule has 0 aliphatic rings. The van der Waals surface area contributed by atoms with Crippen LogP contribution in [0.2, 0.25) is 0 Å². The molecule has 0 aromatic carbocycles. The van der Waals surface area contributed by atoms with Gasteiger partial charge < -0.3 is 20.7 Å². The minimum atomic E-state index is 0.511. The summed E-state index contributed by atoms with van der Waals surface area (Å²) in [5.74, 6) is 1.33. The van der Waals surface area contributed by atoms with Crippen LogP contribution in [0, 0.1) is 0 Å². The first kappa shape index (κ1) is 16.6. The predicted molar refractivity (Wildman–Crippen MR) is 85.3 cm³/mol. The molecular formula is C15H28N4O. The molecule has 0 aliphatic carbocycles. The first-order valence-electron chi connectivity index (χ1n) is 7.38. The normalized spacial score (nSPS) is 11.1. The van der Waals surface area contributed by atoms with Crippen molar-refractivity contribution < 1.29 is 4.74 Å². The number of aromatic nitrogens is 1. The molecule has 0 spiro atoms. The zero-order valence-corrected chi connectivity index (χ0v) is 13.1. The van der Waals surface area contributed by atoms with Gasteiger partial charge in [-0.3, -0.25) is 0 Å². The standard InChI is InChI=1S/C15H28N4O/c1-5-20-15-13(16)8-9-14(18-15)17-10-6-7-11-19(4)12(2)3/h8-9,12H,5-7,10-11,16H2,1-4H3,(H,17,18). The molecule has 0 fully saturated rings. The molecule has 1 aromatic heterocycles. The van der Waals surface area contributed by atoms with Gasteiger partial charge in [0.25, 0.3) is 0 Å². The Kier molecular flexibility index (Phi) is 7.15. The Hall–Kier alpha value is -1.49.